The van der Waals surface area contributed by atoms with Crippen LogP contribution in [0.3, 0.4) is 0 Å². The van der Waals surface area contributed by atoms with E-state index >= 15 is 0 Å². The van der Waals surface area contributed by atoms with Gasteiger partial charge in [0.05, 0.1) is 6.33 Å². The van der Waals surface area contributed by atoms with Gasteiger partial charge in [0.15, 0.2) is 29.3 Å². The first-order chi connectivity index (χ1) is 15.0. The number of nitrogens with zero attached hydrogens (tertiary/aromatic N) is 6. The Morgan fingerprint density at radius 2 is 1.90 bits per heavy atom. The first-order valence-corrected chi connectivity index (χ1v) is 10.4. The number of imidazole rings is 1. The van der Waals surface area contributed by atoms with E-state index in [1.165, 1.54) is 12.7 Å². The molecule has 3 aromatic rings. The van der Waals surface area contributed by atoms with E-state index in [4.69, 9.17) is 13.9 Å². The minimum absolute atomic E-state index is 0.0384. The van der Waals surface area contributed by atoms with Crippen LogP contribution in [-0.4, -0.2) is 71.4 Å². The van der Waals surface area contributed by atoms with Gasteiger partial charge in [-0.05, 0) is 12.8 Å². The molecule has 5 heterocycles. The van der Waals surface area contributed by atoms with E-state index in [2.05, 4.69) is 30.5 Å². The van der Waals surface area contributed by atoms with Crippen molar-refractivity contribution in [2.45, 2.75) is 63.2 Å². The second kappa shape index (κ2) is 8.11. The largest absolute Gasteiger partial charge is 0.422 e. The third kappa shape index (κ3) is 3.65. The topological polar surface area (TPSA) is 153 Å². The smallest absolute Gasteiger partial charge is 0.248 e. The molecule has 2 aliphatic rings. The molecular formula is C19H25N7O5. The monoisotopic (exact) mass is 431 g/mol. The first-order valence-electron chi connectivity index (χ1n) is 10.4. The maximum absolute atomic E-state index is 10.7. The standard InChI is InChI=1S/C19H25N7O5/c1-9(2)17-24-25-18(31-17)14-12(27)13(28)19(30-14)26-8-22-11-15(20-7-21-16(11)26)23-10-3-5-29-6-4-10/h7-10,12-14,19,27-28H,3-6H2,1-2H3,(H,20,21,23)/t12-,13+,14-,19+/m0/s1. The van der Waals surface area contributed by atoms with Gasteiger partial charge in [0.1, 0.15) is 18.5 Å². The number of hydrogen-bond acceptors (Lipinski definition) is 11. The van der Waals surface area contributed by atoms with Crippen molar-refractivity contribution in [2.75, 3.05) is 18.5 Å². The highest BCUT2D eigenvalue weighted by Crippen LogP contribution is 2.39. The van der Waals surface area contributed by atoms with Crippen molar-refractivity contribution in [1.29, 1.82) is 0 Å². The third-order valence-corrected chi connectivity index (χ3v) is 5.63. The molecule has 3 N–H and O–H groups in total. The van der Waals surface area contributed by atoms with Crippen LogP contribution in [0.5, 0.6) is 0 Å². The SMILES string of the molecule is CC(C)c1nnc([C@H]2O[C@@H](n3cnc4c(NC5CCOCC5)ncnc43)[C@H](O)[C@@H]2O)o1. The minimum atomic E-state index is -1.25. The van der Waals surface area contributed by atoms with E-state index in [1.54, 1.807) is 4.57 Å². The van der Waals surface area contributed by atoms with Gasteiger partial charge in [0.25, 0.3) is 0 Å². The zero-order chi connectivity index (χ0) is 21.5. The van der Waals surface area contributed by atoms with Gasteiger partial charge >= 0.3 is 0 Å². The summed E-state index contributed by atoms with van der Waals surface area (Å²) >= 11 is 0. The molecule has 4 atom stereocenters. The highest BCUT2D eigenvalue weighted by Gasteiger charge is 2.47. The summed E-state index contributed by atoms with van der Waals surface area (Å²) in [6.45, 7) is 5.25. The van der Waals surface area contributed by atoms with Crippen LogP contribution in [0.1, 0.15) is 56.7 Å². The summed E-state index contributed by atoms with van der Waals surface area (Å²) in [6, 6.07) is 0.240. The Balaban J connectivity index is 1.41. The van der Waals surface area contributed by atoms with Gasteiger partial charge < -0.3 is 29.4 Å². The Bertz CT molecular complexity index is 1050. The van der Waals surface area contributed by atoms with Crippen molar-refractivity contribution in [3.63, 3.8) is 0 Å². The van der Waals surface area contributed by atoms with E-state index < -0.39 is 24.5 Å². The molecule has 166 valence electrons. The summed E-state index contributed by atoms with van der Waals surface area (Å²) in [7, 11) is 0. The number of anilines is 1. The van der Waals surface area contributed by atoms with Crippen molar-refractivity contribution in [3.8, 4) is 0 Å². The van der Waals surface area contributed by atoms with Crippen molar-refractivity contribution in [3.05, 3.63) is 24.4 Å². The lowest BCUT2D eigenvalue weighted by Crippen LogP contribution is -2.29. The van der Waals surface area contributed by atoms with Crippen LogP contribution in [0.25, 0.3) is 11.2 Å². The summed E-state index contributed by atoms with van der Waals surface area (Å²) in [6.07, 6.45) is 0.350. The second-order valence-corrected chi connectivity index (χ2v) is 8.14. The normalized spacial score (nSPS) is 27.4. The van der Waals surface area contributed by atoms with E-state index in [1.807, 2.05) is 13.8 Å². The molecule has 0 aliphatic carbocycles. The van der Waals surface area contributed by atoms with E-state index in [0.717, 1.165) is 12.8 Å². The zero-order valence-corrected chi connectivity index (χ0v) is 17.2. The number of ether oxygens (including phenoxy) is 2. The average molecular weight is 431 g/mol. The van der Waals surface area contributed by atoms with Crippen molar-refractivity contribution in [1.82, 2.24) is 29.7 Å². The molecule has 2 saturated heterocycles. The summed E-state index contributed by atoms with van der Waals surface area (Å²) < 4.78 is 18.5. The molecule has 0 bridgehead atoms. The van der Waals surface area contributed by atoms with Crippen molar-refractivity contribution < 1.29 is 24.1 Å². The van der Waals surface area contributed by atoms with Crippen LogP contribution < -0.4 is 5.32 Å². The molecule has 0 saturated carbocycles. The summed E-state index contributed by atoms with van der Waals surface area (Å²) in [4.78, 5) is 13.1. The van der Waals surface area contributed by atoms with Crippen LogP contribution in [0, 0.1) is 0 Å². The molecule has 2 aliphatic heterocycles. The van der Waals surface area contributed by atoms with Gasteiger partial charge in [-0.15, -0.1) is 10.2 Å². The van der Waals surface area contributed by atoms with E-state index in [0.29, 0.717) is 36.1 Å². The Morgan fingerprint density at radius 3 is 2.65 bits per heavy atom. The predicted molar refractivity (Wildman–Crippen MR) is 106 cm³/mol. The molecule has 0 radical (unpaired) electrons. The van der Waals surface area contributed by atoms with Gasteiger partial charge in [-0.3, -0.25) is 4.57 Å². The van der Waals surface area contributed by atoms with E-state index in [-0.39, 0.29) is 17.9 Å². The predicted octanol–water partition coefficient (Wildman–Crippen LogP) is 0.915. The van der Waals surface area contributed by atoms with Gasteiger partial charge in [0.2, 0.25) is 11.8 Å². The van der Waals surface area contributed by atoms with Gasteiger partial charge in [-0.2, -0.15) is 0 Å². The molecule has 5 rings (SSSR count). The lowest BCUT2D eigenvalue weighted by atomic mass is 10.1. The summed E-state index contributed by atoms with van der Waals surface area (Å²) in [5.74, 6) is 1.21. The molecule has 0 amide bonds. The highest BCUT2D eigenvalue weighted by atomic mass is 16.6. The minimum Gasteiger partial charge on any atom is -0.422 e. The molecule has 12 nitrogen and oxygen atoms in total. The molecular weight excluding hydrogens is 406 g/mol. The number of aliphatic hydroxyl groups excluding tert-OH is 2. The van der Waals surface area contributed by atoms with Gasteiger partial charge in [-0.1, -0.05) is 13.8 Å². The van der Waals surface area contributed by atoms with Crippen molar-refractivity contribution in [2.24, 2.45) is 0 Å². The second-order valence-electron chi connectivity index (χ2n) is 8.14. The quantitative estimate of drug-likeness (QED) is 0.528. The van der Waals surface area contributed by atoms with Crippen LogP contribution in [0.15, 0.2) is 17.1 Å². The zero-order valence-electron chi connectivity index (χ0n) is 17.2. The fourth-order valence-corrected chi connectivity index (χ4v) is 3.87. The number of aliphatic hydroxyl groups is 2. The number of aromatic nitrogens is 6. The average Bonchev–Trinajstić information content (AvgIpc) is 3.48. The molecule has 0 spiro atoms. The molecule has 2 fully saturated rings. The van der Waals surface area contributed by atoms with Crippen molar-refractivity contribution >= 4 is 17.0 Å². The fourth-order valence-electron chi connectivity index (χ4n) is 3.87. The molecule has 3 aromatic heterocycles. The Labute approximate surface area is 177 Å². The highest BCUT2D eigenvalue weighted by molar-refractivity contribution is 5.82. The Morgan fingerprint density at radius 1 is 1.10 bits per heavy atom. The first kappa shape index (κ1) is 20.2. The summed E-state index contributed by atoms with van der Waals surface area (Å²) in [5.41, 5.74) is 1.04. The van der Waals surface area contributed by atoms with Crippen LogP contribution >= 0.6 is 0 Å². The number of nitrogens with one attached hydrogen (secondary N) is 1. The molecule has 0 aromatic carbocycles. The third-order valence-electron chi connectivity index (χ3n) is 5.63. The summed E-state index contributed by atoms with van der Waals surface area (Å²) in [5, 5.41) is 32.6. The lowest BCUT2D eigenvalue weighted by Gasteiger charge is -2.23. The maximum Gasteiger partial charge on any atom is 0.248 e. The van der Waals surface area contributed by atoms with Crippen LogP contribution in [0.2, 0.25) is 0 Å². The Kier molecular flexibility index (Phi) is 5.30. The number of hydrogen-bond donors (Lipinski definition) is 3. The molecule has 12 heteroatoms. The maximum atomic E-state index is 10.7. The number of rotatable bonds is 5. The van der Waals surface area contributed by atoms with Gasteiger partial charge in [0, 0.05) is 25.2 Å². The van der Waals surface area contributed by atoms with Gasteiger partial charge in [-0.25, -0.2) is 15.0 Å². The van der Waals surface area contributed by atoms with Crippen LogP contribution in [0.4, 0.5) is 5.82 Å². The Hall–Kier alpha value is -2.67. The lowest BCUT2D eigenvalue weighted by molar-refractivity contribution is -0.0440. The van der Waals surface area contributed by atoms with E-state index in [9.17, 15) is 10.2 Å². The number of fused-ring (bicyclic) bond motifs is 1. The molecule has 31 heavy (non-hydrogen) atoms. The molecule has 0 unspecified atom stereocenters. The fraction of sp³-hybridized carbons (Fsp3) is 0.632. The van der Waals surface area contributed by atoms with Crippen LogP contribution in [-0.2, 0) is 9.47 Å².